The number of carbonyl (C=O) groups excluding carboxylic acids is 1. The SMILES string of the molecule is Cc1ccc2c(c1)NC(=O)CN2CC1CC1. The van der Waals surface area contributed by atoms with Gasteiger partial charge in [-0.05, 0) is 43.4 Å². The highest BCUT2D eigenvalue weighted by Crippen LogP contribution is 2.35. The van der Waals surface area contributed by atoms with Gasteiger partial charge >= 0.3 is 0 Å². The Hall–Kier alpha value is -1.51. The quantitative estimate of drug-likeness (QED) is 0.821. The minimum absolute atomic E-state index is 0.110. The van der Waals surface area contributed by atoms with Crippen molar-refractivity contribution >= 4 is 17.3 Å². The van der Waals surface area contributed by atoms with E-state index in [9.17, 15) is 4.79 Å². The average molecular weight is 216 g/mol. The minimum Gasteiger partial charge on any atom is -0.360 e. The highest BCUT2D eigenvalue weighted by atomic mass is 16.2. The van der Waals surface area contributed by atoms with E-state index in [2.05, 4.69) is 22.3 Å². The molecule has 0 aromatic heterocycles. The maximum atomic E-state index is 11.6. The van der Waals surface area contributed by atoms with Gasteiger partial charge in [-0.1, -0.05) is 6.07 Å². The Kier molecular flexibility index (Phi) is 2.13. The summed E-state index contributed by atoms with van der Waals surface area (Å²) in [5, 5.41) is 2.94. The van der Waals surface area contributed by atoms with Crippen molar-refractivity contribution in [3.8, 4) is 0 Å². The molecule has 0 saturated heterocycles. The summed E-state index contributed by atoms with van der Waals surface area (Å²) in [7, 11) is 0. The molecule has 1 aliphatic heterocycles. The second-order valence-corrected chi connectivity index (χ2v) is 4.89. The van der Waals surface area contributed by atoms with Gasteiger partial charge in [0.2, 0.25) is 5.91 Å². The van der Waals surface area contributed by atoms with Crippen molar-refractivity contribution in [3.05, 3.63) is 23.8 Å². The third kappa shape index (κ3) is 1.77. The number of amides is 1. The summed E-state index contributed by atoms with van der Waals surface area (Å²) >= 11 is 0. The van der Waals surface area contributed by atoms with E-state index < -0.39 is 0 Å². The zero-order valence-electron chi connectivity index (χ0n) is 9.49. The van der Waals surface area contributed by atoms with E-state index in [1.165, 1.54) is 24.1 Å². The number of anilines is 2. The van der Waals surface area contributed by atoms with Gasteiger partial charge in [0.05, 0.1) is 17.9 Å². The van der Waals surface area contributed by atoms with Crippen LogP contribution in [0.3, 0.4) is 0 Å². The van der Waals surface area contributed by atoms with E-state index in [0.717, 1.165) is 18.2 Å². The number of rotatable bonds is 2. The first kappa shape index (κ1) is 9.70. The van der Waals surface area contributed by atoms with Gasteiger partial charge in [0, 0.05) is 6.54 Å². The minimum atomic E-state index is 0.110. The van der Waals surface area contributed by atoms with Gasteiger partial charge < -0.3 is 10.2 Å². The van der Waals surface area contributed by atoms with Crippen LogP contribution in [-0.2, 0) is 4.79 Å². The summed E-state index contributed by atoms with van der Waals surface area (Å²) in [5.74, 6) is 0.916. The normalized spacial score (nSPS) is 19.3. The van der Waals surface area contributed by atoms with E-state index in [0.29, 0.717) is 6.54 Å². The molecule has 1 fully saturated rings. The van der Waals surface area contributed by atoms with Crippen LogP contribution in [-0.4, -0.2) is 19.0 Å². The zero-order chi connectivity index (χ0) is 11.1. The van der Waals surface area contributed by atoms with Crippen LogP contribution in [0.25, 0.3) is 0 Å². The molecule has 1 aromatic rings. The Labute approximate surface area is 95.4 Å². The molecule has 1 heterocycles. The van der Waals surface area contributed by atoms with Crippen LogP contribution in [0.15, 0.2) is 18.2 Å². The predicted molar refractivity (Wildman–Crippen MR) is 64.7 cm³/mol. The topological polar surface area (TPSA) is 32.3 Å². The van der Waals surface area contributed by atoms with Gasteiger partial charge in [-0.15, -0.1) is 0 Å². The lowest BCUT2D eigenvalue weighted by molar-refractivity contribution is -0.115. The molecular weight excluding hydrogens is 200 g/mol. The van der Waals surface area contributed by atoms with Crippen molar-refractivity contribution in [2.24, 2.45) is 5.92 Å². The van der Waals surface area contributed by atoms with Gasteiger partial charge in [-0.3, -0.25) is 4.79 Å². The van der Waals surface area contributed by atoms with Gasteiger partial charge in [0.1, 0.15) is 0 Å². The molecular formula is C13H16N2O. The van der Waals surface area contributed by atoms with E-state index in [1.54, 1.807) is 0 Å². The summed E-state index contributed by atoms with van der Waals surface area (Å²) in [6.45, 7) is 3.59. The fourth-order valence-corrected chi connectivity index (χ4v) is 2.25. The molecule has 1 amide bonds. The fraction of sp³-hybridized carbons (Fsp3) is 0.462. The van der Waals surface area contributed by atoms with Crippen LogP contribution in [0.1, 0.15) is 18.4 Å². The maximum absolute atomic E-state index is 11.6. The molecule has 1 aromatic carbocycles. The first-order valence-electron chi connectivity index (χ1n) is 5.88. The van der Waals surface area contributed by atoms with Crippen molar-refractivity contribution < 1.29 is 4.79 Å². The summed E-state index contributed by atoms with van der Waals surface area (Å²) in [6.07, 6.45) is 2.64. The van der Waals surface area contributed by atoms with Gasteiger partial charge in [-0.2, -0.15) is 0 Å². The smallest absolute Gasteiger partial charge is 0.243 e. The second-order valence-electron chi connectivity index (χ2n) is 4.89. The Bertz CT molecular complexity index is 438. The Morgan fingerprint density at radius 3 is 3.00 bits per heavy atom. The molecule has 0 spiro atoms. The molecule has 0 radical (unpaired) electrons. The molecule has 2 aliphatic rings. The monoisotopic (exact) mass is 216 g/mol. The van der Waals surface area contributed by atoms with Crippen LogP contribution in [0.2, 0.25) is 0 Å². The standard InChI is InChI=1S/C13H16N2O/c1-9-2-5-12-11(6-9)14-13(16)8-15(12)7-10-3-4-10/h2,5-6,10H,3-4,7-8H2,1H3,(H,14,16). The van der Waals surface area contributed by atoms with E-state index in [4.69, 9.17) is 0 Å². The fourth-order valence-electron chi connectivity index (χ4n) is 2.25. The maximum Gasteiger partial charge on any atom is 0.243 e. The first-order valence-corrected chi connectivity index (χ1v) is 5.88. The van der Waals surface area contributed by atoms with Crippen LogP contribution in [0.4, 0.5) is 11.4 Å². The molecule has 3 nitrogen and oxygen atoms in total. The number of carbonyl (C=O) groups is 1. The van der Waals surface area contributed by atoms with Crippen molar-refractivity contribution in [1.29, 1.82) is 0 Å². The third-order valence-corrected chi connectivity index (χ3v) is 3.28. The molecule has 3 rings (SSSR count). The van der Waals surface area contributed by atoms with E-state index in [1.807, 2.05) is 13.0 Å². The summed E-state index contributed by atoms with van der Waals surface area (Å²) in [4.78, 5) is 13.8. The van der Waals surface area contributed by atoms with Gasteiger partial charge in [-0.25, -0.2) is 0 Å². The van der Waals surface area contributed by atoms with Crippen LogP contribution < -0.4 is 10.2 Å². The molecule has 1 aliphatic carbocycles. The first-order chi connectivity index (χ1) is 7.72. The molecule has 1 saturated carbocycles. The zero-order valence-corrected chi connectivity index (χ0v) is 9.49. The highest BCUT2D eigenvalue weighted by molar-refractivity contribution is 6.01. The van der Waals surface area contributed by atoms with Gasteiger partial charge in [0.25, 0.3) is 0 Å². The number of nitrogens with one attached hydrogen (secondary N) is 1. The molecule has 0 atom stereocenters. The van der Waals surface area contributed by atoms with E-state index >= 15 is 0 Å². The van der Waals surface area contributed by atoms with Crippen LogP contribution >= 0.6 is 0 Å². The molecule has 0 unspecified atom stereocenters. The van der Waals surface area contributed by atoms with E-state index in [-0.39, 0.29) is 5.91 Å². The molecule has 3 heteroatoms. The predicted octanol–water partition coefficient (Wildman–Crippen LogP) is 2.16. The van der Waals surface area contributed by atoms with Crippen LogP contribution in [0.5, 0.6) is 0 Å². The number of fused-ring (bicyclic) bond motifs is 1. The number of benzene rings is 1. The number of hydrogen-bond donors (Lipinski definition) is 1. The average Bonchev–Trinajstić information content (AvgIpc) is 3.00. The Balaban J connectivity index is 1.93. The molecule has 84 valence electrons. The Morgan fingerprint density at radius 1 is 1.44 bits per heavy atom. The highest BCUT2D eigenvalue weighted by Gasteiger charge is 2.28. The summed E-state index contributed by atoms with van der Waals surface area (Å²) < 4.78 is 0. The lowest BCUT2D eigenvalue weighted by atomic mass is 10.1. The molecule has 16 heavy (non-hydrogen) atoms. The van der Waals surface area contributed by atoms with Crippen LogP contribution in [0, 0.1) is 12.8 Å². The van der Waals surface area contributed by atoms with Crippen molar-refractivity contribution in [2.75, 3.05) is 23.3 Å². The third-order valence-electron chi connectivity index (χ3n) is 3.28. The number of nitrogens with zero attached hydrogens (tertiary/aromatic N) is 1. The van der Waals surface area contributed by atoms with Crippen molar-refractivity contribution in [3.63, 3.8) is 0 Å². The number of aryl methyl sites for hydroxylation is 1. The molecule has 1 N–H and O–H groups in total. The summed E-state index contributed by atoms with van der Waals surface area (Å²) in [6, 6.07) is 6.27. The van der Waals surface area contributed by atoms with Crippen molar-refractivity contribution in [2.45, 2.75) is 19.8 Å². The largest absolute Gasteiger partial charge is 0.360 e. The number of hydrogen-bond acceptors (Lipinski definition) is 2. The lowest BCUT2D eigenvalue weighted by Gasteiger charge is -2.31. The Morgan fingerprint density at radius 2 is 2.25 bits per heavy atom. The second kappa shape index (κ2) is 3.51. The summed E-state index contributed by atoms with van der Waals surface area (Å²) in [5.41, 5.74) is 3.33. The van der Waals surface area contributed by atoms with Crippen molar-refractivity contribution in [1.82, 2.24) is 0 Å². The van der Waals surface area contributed by atoms with Gasteiger partial charge in [0.15, 0.2) is 0 Å². The molecule has 0 bridgehead atoms. The lowest BCUT2D eigenvalue weighted by Crippen LogP contribution is -2.39.